The monoisotopic (exact) mass is 156 g/mol. The van der Waals surface area contributed by atoms with Gasteiger partial charge in [-0.3, -0.25) is 0 Å². The zero-order valence-electron chi connectivity index (χ0n) is 8.69. The second-order valence-electron chi connectivity index (χ2n) is 2.10. The van der Waals surface area contributed by atoms with Crippen LogP contribution in [-0.4, -0.2) is 0 Å². The minimum absolute atomic E-state index is 1.08. The van der Waals surface area contributed by atoms with Gasteiger partial charge in [0.1, 0.15) is 0 Å². The molecule has 0 saturated carbocycles. The fraction of sp³-hybridized carbons (Fsp3) is 0.636. The predicted octanol–water partition coefficient (Wildman–Crippen LogP) is 4.58. The fourth-order valence-electron chi connectivity index (χ4n) is 0. The summed E-state index contributed by atoms with van der Waals surface area (Å²) in [5.74, 6) is 0. The Kier molecular flexibility index (Phi) is 52.0. The Morgan fingerprint density at radius 3 is 0.909 bits per heavy atom. The molecule has 0 aliphatic carbocycles. The van der Waals surface area contributed by atoms with Crippen LogP contribution in [0.2, 0.25) is 0 Å². The smallest absolute Gasteiger partial charge is 0.0382 e. The second-order valence-corrected chi connectivity index (χ2v) is 2.10. The van der Waals surface area contributed by atoms with Gasteiger partial charge in [0.05, 0.1) is 0 Å². The molecule has 0 aromatic carbocycles. The standard InChI is InChI=1S/2C4H8.C3H8/c2*1-3-4-2;1-3-2/h2*3H,1,4H2,2H3;3H2,1-2H3. The molecule has 0 radical (unpaired) electrons. The van der Waals surface area contributed by atoms with Gasteiger partial charge in [-0.2, -0.15) is 0 Å². The van der Waals surface area contributed by atoms with Crippen molar-refractivity contribution in [3.63, 3.8) is 0 Å². The highest BCUT2D eigenvalue weighted by atomic mass is 13.5. The van der Waals surface area contributed by atoms with Crippen LogP contribution < -0.4 is 0 Å². The van der Waals surface area contributed by atoms with Gasteiger partial charge in [-0.1, -0.05) is 46.3 Å². The summed E-state index contributed by atoms with van der Waals surface area (Å²) in [4.78, 5) is 0. The third-order valence-corrected chi connectivity index (χ3v) is 0.577. The third kappa shape index (κ3) is 242. The van der Waals surface area contributed by atoms with Crippen LogP contribution in [0.4, 0.5) is 0 Å². The highest BCUT2D eigenvalue weighted by Crippen LogP contribution is 1.66. The van der Waals surface area contributed by atoms with E-state index in [0.717, 1.165) is 12.8 Å². The molecule has 68 valence electrons. The summed E-state index contributed by atoms with van der Waals surface area (Å²) in [7, 11) is 0. The third-order valence-electron chi connectivity index (χ3n) is 0.577. The number of hydrogen-bond donors (Lipinski definition) is 0. The average molecular weight is 156 g/mol. The van der Waals surface area contributed by atoms with Crippen LogP contribution in [0.25, 0.3) is 0 Å². The Hall–Kier alpha value is -0.520. The van der Waals surface area contributed by atoms with Crippen LogP contribution in [-0.2, 0) is 0 Å². The summed E-state index contributed by atoms with van der Waals surface area (Å²) in [5, 5.41) is 0. The van der Waals surface area contributed by atoms with E-state index < -0.39 is 0 Å². The lowest BCUT2D eigenvalue weighted by Gasteiger charge is -1.57. The van der Waals surface area contributed by atoms with Gasteiger partial charge in [0, 0.05) is 0 Å². The summed E-state index contributed by atoms with van der Waals surface area (Å²) < 4.78 is 0. The first-order valence-corrected chi connectivity index (χ1v) is 4.46. The molecule has 0 atom stereocenters. The van der Waals surface area contributed by atoms with Crippen LogP contribution in [0.3, 0.4) is 0 Å². The Morgan fingerprint density at radius 2 is 0.909 bits per heavy atom. The van der Waals surface area contributed by atoms with Gasteiger partial charge < -0.3 is 0 Å². The van der Waals surface area contributed by atoms with Gasteiger partial charge in [0.2, 0.25) is 0 Å². The van der Waals surface area contributed by atoms with E-state index >= 15 is 0 Å². The molecule has 0 N–H and O–H groups in total. The van der Waals surface area contributed by atoms with Crippen molar-refractivity contribution in [1.82, 2.24) is 0 Å². The van der Waals surface area contributed by atoms with Crippen molar-refractivity contribution >= 4 is 0 Å². The molecule has 0 heterocycles. The van der Waals surface area contributed by atoms with Crippen molar-refractivity contribution in [3.8, 4) is 0 Å². The maximum atomic E-state index is 3.48. The molecule has 11 heavy (non-hydrogen) atoms. The quantitative estimate of drug-likeness (QED) is 0.513. The molecule has 0 aliphatic rings. The van der Waals surface area contributed by atoms with Gasteiger partial charge in [0.15, 0.2) is 0 Å². The molecule has 0 heteroatoms. The first-order chi connectivity index (χ1) is 5.24. The predicted molar refractivity (Wildman–Crippen MR) is 56.9 cm³/mol. The zero-order valence-corrected chi connectivity index (χ0v) is 8.69. The van der Waals surface area contributed by atoms with E-state index in [-0.39, 0.29) is 0 Å². The van der Waals surface area contributed by atoms with Crippen LogP contribution in [0.15, 0.2) is 25.3 Å². The fourth-order valence-corrected chi connectivity index (χ4v) is 0. The van der Waals surface area contributed by atoms with E-state index in [1.165, 1.54) is 6.42 Å². The molecule has 0 unspecified atom stereocenters. The maximum Gasteiger partial charge on any atom is -0.0382 e. The Morgan fingerprint density at radius 1 is 0.818 bits per heavy atom. The lowest BCUT2D eigenvalue weighted by molar-refractivity contribution is 1.09. The Labute approximate surface area is 73.0 Å². The van der Waals surface area contributed by atoms with Crippen LogP contribution in [0.1, 0.15) is 47.0 Å². The highest BCUT2D eigenvalue weighted by molar-refractivity contribution is 4.60. The highest BCUT2D eigenvalue weighted by Gasteiger charge is 1.45. The van der Waals surface area contributed by atoms with Crippen molar-refractivity contribution in [3.05, 3.63) is 25.3 Å². The van der Waals surface area contributed by atoms with Gasteiger partial charge in [-0.25, -0.2) is 0 Å². The summed E-state index contributed by atoms with van der Waals surface area (Å²) in [5.41, 5.74) is 0. The molecule has 0 aromatic rings. The lowest BCUT2D eigenvalue weighted by Crippen LogP contribution is -1.36. The first-order valence-electron chi connectivity index (χ1n) is 4.46. The van der Waals surface area contributed by atoms with Gasteiger partial charge in [-0.15, -0.1) is 13.2 Å². The molecule has 0 amide bonds. The molecule has 0 fully saturated rings. The van der Waals surface area contributed by atoms with Crippen molar-refractivity contribution in [1.29, 1.82) is 0 Å². The molecule has 0 nitrogen and oxygen atoms in total. The Balaban J connectivity index is -0.0000000886. The molecule has 0 aliphatic heterocycles. The van der Waals surface area contributed by atoms with Crippen molar-refractivity contribution in [2.75, 3.05) is 0 Å². The number of allylic oxidation sites excluding steroid dienone is 2. The molecule has 0 spiro atoms. The first kappa shape index (κ1) is 16.8. The van der Waals surface area contributed by atoms with Crippen LogP contribution >= 0.6 is 0 Å². The van der Waals surface area contributed by atoms with E-state index in [1.54, 1.807) is 0 Å². The zero-order chi connectivity index (χ0) is 9.54. The minimum atomic E-state index is 1.08. The van der Waals surface area contributed by atoms with E-state index in [1.807, 2.05) is 12.2 Å². The molecule has 0 saturated heterocycles. The summed E-state index contributed by atoms with van der Waals surface area (Å²) in [6.45, 7) is 15.3. The summed E-state index contributed by atoms with van der Waals surface area (Å²) in [6, 6.07) is 0. The minimum Gasteiger partial charge on any atom is -0.103 e. The normalized spacial score (nSPS) is 6.18. The maximum absolute atomic E-state index is 3.48. The summed E-state index contributed by atoms with van der Waals surface area (Å²) in [6.07, 6.45) is 7.17. The van der Waals surface area contributed by atoms with Crippen LogP contribution in [0, 0.1) is 0 Å². The van der Waals surface area contributed by atoms with Gasteiger partial charge in [-0.05, 0) is 12.8 Å². The Bertz CT molecular complexity index is 45.1. The number of hydrogen-bond acceptors (Lipinski definition) is 0. The average Bonchev–Trinajstić information content (AvgIpc) is 2.06. The lowest BCUT2D eigenvalue weighted by atomic mass is 10.5. The molecule has 0 rings (SSSR count). The van der Waals surface area contributed by atoms with Gasteiger partial charge in [0.25, 0.3) is 0 Å². The molecular formula is C11H24. The summed E-state index contributed by atoms with van der Waals surface area (Å²) >= 11 is 0. The molecular weight excluding hydrogens is 132 g/mol. The van der Waals surface area contributed by atoms with E-state index in [2.05, 4.69) is 40.9 Å². The largest absolute Gasteiger partial charge is 0.103 e. The van der Waals surface area contributed by atoms with E-state index in [9.17, 15) is 0 Å². The van der Waals surface area contributed by atoms with Crippen molar-refractivity contribution in [2.45, 2.75) is 47.0 Å². The van der Waals surface area contributed by atoms with Gasteiger partial charge >= 0.3 is 0 Å². The van der Waals surface area contributed by atoms with Crippen molar-refractivity contribution < 1.29 is 0 Å². The molecule has 0 bridgehead atoms. The number of rotatable bonds is 2. The second kappa shape index (κ2) is 34.0. The van der Waals surface area contributed by atoms with E-state index in [4.69, 9.17) is 0 Å². The van der Waals surface area contributed by atoms with E-state index in [0.29, 0.717) is 0 Å². The SMILES string of the molecule is C=CCC.C=CCC.CCC. The van der Waals surface area contributed by atoms with Crippen molar-refractivity contribution in [2.24, 2.45) is 0 Å². The van der Waals surface area contributed by atoms with Crippen LogP contribution in [0.5, 0.6) is 0 Å². The molecule has 0 aromatic heterocycles. The topological polar surface area (TPSA) is 0 Å².